The van der Waals surface area contributed by atoms with Crippen LogP contribution in [0, 0.1) is 10.1 Å². The smallest absolute Gasteiger partial charge is 0.279 e. The van der Waals surface area contributed by atoms with Crippen LogP contribution in [0.1, 0.15) is 26.7 Å². The van der Waals surface area contributed by atoms with E-state index in [2.05, 4.69) is 12.0 Å². The van der Waals surface area contributed by atoms with Gasteiger partial charge in [-0.15, -0.1) is 0 Å². The molecule has 0 spiro atoms. The average molecular weight is 200 g/mol. The van der Waals surface area contributed by atoms with E-state index in [1.165, 1.54) is 5.01 Å². The van der Waals surface area contributed by atoms with Crippen molar-refractivity contribution in [2.75, 3.05) is 13.1 Å². The number of hydrogen-bond acceptors (Lipinski definition) is 5. The van der Waals surface area contributed by atoms with Gasteiger partial charge in [-0.25, -0.2) is 5.01 Å². The van der Waals surface area contributed by atoms with Crippen LogP contribution >= 0.6 is 0 Å². The van der Waals surface area contributed by atoms with E-state index < -0.39 is 6.29 Å². The Morgan fingerprint density at radius 3 is 2.79 bits per heavy atom. The molecule has 0 saturated heterocycles. The molecule has 1 atom stereocenters. The zero-order valence-electron chi connectivity index (χ0n) is 8.59. The lowest BCUT2D eigenvalue weighted by Crippen LogP contribution is -2.45. The van der Waals surface area contributed by atoms with Crippen LogP contribution < -0.4 is 0 Å². The van der Waals surface area contributed by atoms with E-state index in [-0.39, 0.29) is 4.92 Å². The highest BCUT2D eigenvalue weighted by atomic mass is 16.6. The van der Waals surface area contributed by atoms with E-state index in [0.717, 1.165) is 12.8 Å². The minimum Gasteiger partial charge on any atom is -0.279 e. The third-order valence-corrected chi connectivity index (χ3v) is 2.19. The molecule has 1 rings (SSSR count). The number of nitro groups is 1. The summed E-state index contributed by atoms with van der Waals surface area (Å²) in [5, 5.41) is 16.3. The standard InChI is InChI=1S/C8H16N4O2/c1-3-5-6-10-7-9-11(4-2)8(10)12(13)14/h7-8H,3-6H2,1-2H3. The minimum atomic E-state index is -0.799. The van der Waals surface area contributed by atoms with Crippen LogP contribution in [0.2, 0.25) is 0 Å². The Labute approximate surface area is 83.3 Å². The SMILES string of the molecule is CCCCN1C=NN(CC)C1[N+](=O)[O-]. The third kappa shape index (κ3) is 2.12. The molecule has 0 amide bonds. The van der Waals surface area contributed by atoms with E-state index in [1.54, 1.807) is 11.2 Å². The first-order valence-electron chi connectivity index (χ1n) is 4.90. The Balaban J connectivity index is 2.58. The number of hydrazone groups is 1. The van der Waals surface area contributed by atoms with Crippen LogP contribution in [-0.4, -0.2) is 40.5 Å². The zero-order chi connectivity index (χ0) is 10.6. The van der Waals surface area contributed by atoms with E-state index in [1.807, 2.05) is 6.92 Å². The van der Waals surface area contributed by atoms with Gasteiger partial charge in [0.25, 0.3) is 0 Å². The van der Waals surface area contributed by atoms with Crippen molar-refractivity contribution < 1.29 is 4.92 Å². The van der Waals surface area contributed by atoms with Crippen molar-refractivity contribution in [3.8, 4) is 0 Å². The summed E-state index contributed by atoms with van der Waals surface area (Å²) in [4.78, 5) is 12.2. The van der Waals surface area contributed by atoms with Crippen LogP contribution in [0.25, 0.3) is 0 Å². The molecular formula is C8H16N4O2. The highest BCUT2D eigenvalue weighted by Crippen LogP contribution is 2.13. The molecule has 0 fully saturated rings. The maximum atomic E-state index is 10.8. The van der Waals surface area contributed by atoms with Gasteiger partial charge in [-0.1, -0.05) is 13.3 Å². The molecule has 0 saturated carbocycles. The second-order valence-corrected chi connectivity index (χ2v) is 3.21. The van der Waals surface area contributed by atoms with Gasteiger partial charge in [0.2, 0.25) is 0 Å². The maximum Gasteiger partial charge on any atom is 0.383 e. The van der Waals surface area contributed by atoms with Crippen LogP contribution in [0.3, 0.4) is 0 Å². The van der Waals surface area contributed by atoms with Crippen LogP contribution in [0.4, 0.5) is 0 Å². The summed E-state index contributed by atoms with van der Waals surface area (Å²) < 4.78 is 0. The molecule has 0 N–H and O–H groups in total. The fraction of sp³-hybridized carbons (Fsp3) is 0.875. The van der Waals surface area contributed by atoms with Gasteiger partial charge in [-0.05, 0) is 13.3 Å². The Hall–Kier alpha value is -1.33. The molecular weight excluding hydrogens is 184 g/mol. The van der Waals surface area contributed by atoms with Gasteiger partial charge in [-0.3, -0.25) is 15.0 Å². The summed E-state index contributed by atoms with van der Waals surface area (Å²) in [5.74, 6) is 0. The summed E-state index contributed by atoms with van der Waals surface area (Å²) in [6.07, 6.45) is 2.74. The van der Waals surface area contributed by atoms with Crippen molar-refractivity contribution in [2.24, 2.45) is 5.10 Å². The first kappa shape index (κ1) is 10.7. The van der Waals surface area contributed by atoms with Gasteiger partial charge in [0.15, 0.2) is 0 Å². The van der Waals surface area contributed by atoms with Crippen molar-refractivity contribution in [3.05, 3.63) is 10.1 Å². The van der Waals surface area contributed by atoms with E-state index in [4.69, 9.17) is 0 Å². The zero-order valence-corrected chi connectivity index (χ0v) is 8.59. The predicted octanol–water partition coefficient (Wildman–Crippen LogP) is 0.928. The first-order chi connectivity index (χ1) is 6.70. The Kier molecular flexibility index (Phi) is 3.67. The van der Waals surface area contributed by atoms with Gasteiger partial charge >= 0.3 is 6.29 Å². The summed E-state index contributed by atoms with van der Waals surface area (Å²) in [7, 11) is 0. The van der Waals surface area contributed by atoms with Gasteiger partial charge in [0.1, 0.15) is 6.34 Å². The van der Waals surface area contributed by atoms with Gasteiger partial charge in [0, 0.05) is 13.1 Å². The fourth-order valence-electron chi connectivity index (χ4n) is 1.41. The Morgan fingerprint density at radius 1 is 1.57 bits per heavy atom. The van der Waals surface area contributed by atoms with Crippen molar-refractivity contribution in [3.63, 3.8) is 0 Å². The van der Waals surface area contributed by atoms with Crippen molar-refractivity contribution >= 4 is 6.34 Å². The van der Waals surface area contributed by atoms with Gasteiger partial charge in [-0.2, -0.15) is 5.10 Å². The van der Waals surface area contributed by atoms with E-state index in [9.17, 15) is 10.1 Å². The quantitative estimate of drug-likeness (QED) is 0.489. The molecule has 0 aliphatic carbocycles. The maximum absolute atomic E-state index is 10.8. The Morgan fingerprint density at radius 2 is 2.29 bits per heavy atom. The molecule has 80 valence electrons. The van der Waals surface area contributed by atoms with Gasteiger partial charge in [0.05, 0.1) is 4.92 Å². The summed E-state index contributed by atoms with van der Waals surface area (Å²) in [6, 6.07) is 0. The second kappa shape index (κ2) is 4.78. The predicted molar refractivity (Wildman–Crippen MR) is 53.3 cm³/mol. The number of nitrogens with zero attached hydrogens (tertiary/aromatic N) is 4. The average Bonchev–Trinajstić information content (AvgIpc) is 2.57. The lowest BCUT2D eigenvalue weighted by Gasteiger charge is -2.21. The topological polar surface area (TPSA) is 62.0 Å². The number of rotatable bonds is 5. The normalized spacial score (nSPS) is 20.6. The monoisotopic (exact) mass is 200 g/mol. The second-order valence-electron chi connectivity index (χ2n) is 3.21. The molecule has 6 nitrogen and oxygen atoms in total. The van der Waals surface area contributed by atoms with Gasteiger partial charge < -0.3 is 0 Å². The third-order valence-electron chi connectivity index (χ3n) is 2.19. The van der Waals surface area contributed by atoms with Crippen LogP contribution in [-0.2, 0) is 0 Å². The number of hydrogen-bond donors (Lipinski definition) is 0. The highest BCUT2D eigenvalue weighted by molar-refractivity contribution is 5.56. The lowest BCUT2D eigenvalue weighted by molar-refractivity contribution is -0.570. The summed E-state index contributed by atoms with van der Waals surface area (Å²) >= 11 is 0. The van der Waals surface area contributed by atoms with Crippen molar-refractivity contribution in [1.82, 2.24) is 9.91 Å². The van der Waals surface area contributed by atoms with E-state index in [0.29, 0.717) is 13.1 Å². The largest absolute Gasteiger partial charge is 0.383 e. The first-order valence-corrected chi connectivity index (χ1v) is 4.90. The molecule has 0 bridgehead atoms. The lowest BCUT2D eigenvalue weighted by atomic mass is 10.3. The van der Waals surface area contributed by atoms with Crippen LogP contribution in [0.15, 0.2) is 5.10 Å². The molecule has 0 aromatic carbocycles. The molecule has 6 heteroatoms. The Bertz CT molecular complexity index is 231. The van der Waals surface area contributed by atoms with Crippen molar-refractivity contribution in [1.29, 1.82) is 0 Å². The molecule has 14 heavy (non-hydrogen) atoms. The highest BCUT2D eigenvalue weighted by Gasteiger charge is 2.36. The molecule has 0 radical (unpaired) electrons. The molecule has 1 unspecified atom stereocenters. The number of unbranched alkanes of at least 4 members (excludes halogenated alkanes) is 1. The minimum absolute atomic E-state index is 0.299. The van der Waals surface area contributed by atoms with Crippen LogP contribution in [0.5, 0.6) is 0 Å². The molecule has 1 aliphatic rings. The summed E-state index contributed by atoms with van der Waals surface area (Å²) in [5.41, 5.74) is 0. The van der Waals surface area contributed by atoms with E-state index >= 15 is 0 Å². The molecule has 1 aliphatic heterocycles. The molecule has 0 aromatic rings. The molecule has 0 aromatic heterocycles. The molecule has 1 heterocycles. The fourth-order valence-corrected chi connectivity index (χ4v) is 1.41. The van der Waals surface area contributed by atoms with Crippen molar-refractivity contribution in [2.45, 2.75) is 33.0 Å². The summed E-state index contributed by atoms with van der Waals surface area (Å²) in [6.45, 7) is 5.18.